The highest BCUT2D eigenvalue weighted by atomic mass is 35.5. The number of carbonyl (C=O) groups is 2. The summed E-state index contributed by atoms with van der Waals surface area (Å²) in [6.45, 7) is 2.63. The third kappa shape index (κ3) is 4.35. The fourth-order valence-corrected chi connectivity index (χ4v) is 2.63. The number of pyridine rings is 1. The first-order valence-electron chi connectivity index (χ1n) is 7.85. The number of Topliss-reactive ketones (excluding diaryl/α,β-unsaturated/α-hetero) is 1. The van der Waals surface area contributed by atoms with Gasteiger partial charge in [-0.05, 0) is 25.1 Å². The van der Waals surface area contributed by atoms with Crippen LogP contribution in [-0.4, -0.2) is 36.0 Å². The Morgan fingerprint density at radius 2 is 2.16 bits per heavy atom. The molecule has 6 nitrogen and oxygen atoms in total. The number of halogens is 1. The number of hydrogen-bond acceptors (Lipinski definition) is 5. The maximum Gasteiger partial charge on any atom is 0.257 e. The van der Waals surface area contributed by atoms with E-state index in [4.69, 9.17) is 21.1 Å². The highest BCUT2D eigenvalue weighted by molar-refractivity contribution is 6.32. The van der Waals surface area contributed by atoms with Gasteiger partial charge in [0.15, 0.2) is 5.78 Å². The van der Waals surface area contributed by atoms with Crippen molar-refractivity contribution >= 4 is 29.0 Å². The minimum absolute atomic E-state index is 0.0704. The number of ether oxygens (including phenoxy) is 2. The van der Waals surface area contributed by atoms with Crippen LogP contribution >= 0.6 is 11.6 Å². The van der Waals surface area contributed by atoms with E-state index in [-0.39, 0.29) is 28.7 Å². The average molecular weight is 361 g/mol. The molecule has 0 aliphatic carbocycles. The lowest BCUT2D eigenvalue weighted by Gasteiger charge is -2.12. The third-order valence-corrected chi connectivity index (χ3v) is 4.03. The SMILES string of the molecule is CC(=O)c1cccc(NC(=O)c2cnc(OC3CCOC3)c(Cl)c2)c1. The van der Waals surface area contributed by atoms with E-state index in [0.29, 0.717) is 30.0 Å². The van der Waals surface area contributed by atoms with Crippen molar-refractivity contribution in [1.29, 1.82) is 0 Å². The molecular weight excluding hydrogens is 344 g/mol. The van der Waals surface area contributed by atoms with E-state index >= 15 is 0 Å². The zero-order chi connectivity index (χ0) is 17.8. The van der Waals surface area contributed by atoms with Crippen molar-refractivity contribution < 1.29 is 19.1 Å². The first-order valence-corrected chi connectivity index (χ1v) is 8.23. The third-order valence-electron chi connectivity index (χ3n) is 3.76. The highest BCUT2D eigenvalue weighted by Crippen LogP contribution is 2.25. The fraction of sp³-hybridized carbons (Fsp3) is 0.278. The molecular formula is C18H17ClN2O4. The van der Waals surface area contributed by atoms with Crippen molar-refractivity contribution in [3.8, 4) is 5.88 Å². The van der Waals surface area contributed by atoms with Crippen LogP contribution in [0, 0.1) is 0 Å². The Bertz CT molecular complexity index is 803. The number of nitrogens with zero attached hydrogens (tertiary/aromatic N) is 1. The molecule has 0 radical (unpaired) electrons. The van der Waals surface area contributed by atoms with E-state index in [9.17, 15) is 9.59 Å². The maximum absolute atomic E-state index is 12.3. The molecule has 7 heteroatoms. The molecule has 2 heterocycles. The second-order valence-corrected chi connectivity index (χ2v) is 6.11. The molecule has 1 aromatic heterocycles. The van der Waals surface area contributed by atoms with Crippen molar-refractivity contribution in [3.05, 3.63) is 52.7 Å². The molecule has 130 valence electrons. The van der Waals surface area contributed by atoms with Crippen LogP contribution in [0.5, 0.6) is 5.88 Å². The van der Waals surface area contributed by atoms with Crippen molar-refractivity contribution in [2.45, 2.75) is 19.4 Å². The summed E-state index contributed by atoms with van der Waals surface area (Å²) in [5.74, 6) is -0.156. The number of rotatable bonds is 5. The summed E-state index contributed by atoms with van der Waals surface area (Å²) in [6, 6.07) is 8.22. The maximum atomic E-state index is 12.3. The molecule has 1 aliphatic rings. The average Bonchev–Trinajstić information content (AvgIpc) is 3.10. The second-order valence-electron chi connectivity index (χ2n) is 5.71. The van der Waals surface area contributed by atoms with Crippen LogP contribution in [0.15, 0.2) is 36.5 Å². The van der Waals surface area contributed by atoms with Crippen LogP contribution < -0.4 is 10.1 Å². The number of anilines is 1. The first-order chi connectivity index (χ1) is 12.0. The molecule has 2 aromatic rings. The zero-order valence-electron chi connectivity index (χ0n) is 13.6. The molecule has 0 spiro atoms. The van der Waals surface area contributed by atoms with E-state index in [1.54, 1.807) is 24.3 Å². The molecule has 0 saturated carbocycles. The van der Waals surface area contributed by atoms with Gasteiger partial charge < -0.3 is 14.8 Å². The van der Waals surface area contributed by atoms with Crippen LogP contribution in [0.3, 0.4) is 0 Å². The summed E-state index contributed by atoms with van der Waals surface area (Å²) in [6.07, 6.45) is 2.12. The van der Waals surface area contributed by atoms with Crippen LogP contribution in [0.4, 0.5) is 5.69 Å². The number of hydrogen-bond donors (Lipinski definition) is 1. The summed E-state index contributed by atoms with van der Waals surface area (Å²) >= 11 is 6.17. The Balaban J connectivity index is 1.70. The first kappa shape index (κ1) is 17.4. The largest absolute Gasteiger partial charge is 0.471 e. The van der Waals surface area contributed by atoms with Crippen molar-refractivity contribution in [1.82, 2.24) is 4.98 Å². The van der Waals surface area contributed by atoms with Gasteiger partial charge in [0.1, 0.15) is 11.1 Å². The number of aromatic nitrogens is 1. The summed E-state index contributed by atoms with van der Waals surface area (Å²) in [7, 11) is 0. The molecule has 1 unspecified atom stereocenters. The molecule has 1 N–H and O–H groups in total. The topological polar surface area (TPSA) is 77.5 Å². The van der Waals surface area contributed by atoms with Gasteiger partial charge in [-0.15, -0.1) is 0 Å². The monoisotopic (exact) mass is 360 g/mol. The van der Waals surface area contributed by atoms with Gasteiger partial charge in [-0.25, -0.2) is 4.98 Å². The van der Waals surface area contributed by atoms with Gasteiger partial charge in [0.2, 0.25) is 5.88 Å². The smallest absolute Gasteiger partial charge is 0.257 e. The number of carbonyl (C=O) groups excluding carboxylic acids is 2. The van der Waals surface area contributed by atoms with Gasteiger partial charge in [0.25, 0.3) is 5.91 Å². The van der Waals surface area contributed by atoms with Gasteiger partial charge in [0, 0.05) is 23.9 Å². The molecule has 1 saturated heterocycles. The molecule has 25 heavy (non-hydrogen) atoms. The van der Waals surface area contributed by atoms with Gasteiger partial charge in [-0.2, -0.15) is 0 Å². The summed E-state index contributed by atoms with van der Waals surface area (Å²) < 4.78 is 10.9. The zero-order valence-corrected chi connectivity index (χ0v) is 14.4. The highest BCUT2D eigenvalue weighted by Gasteiger charge is 2.20. The second kappa shape index (κ2) is 7.63. The lowest BCUT2D eigenvalue weighted by molar-refractivity contribution is 0.101. The van der Waals surface area contributed by atoms with Crippen molar-refractivity contribution in [2.24, 2.45) is 0 Å². The molecule has 0 bridgehead atoms. The molecule has 1 aromatic carbocycles. The number of benzene rings is 1. The van der Waals surface area contributed by atoms with Crippen LogP contribution in [0.25, 0.3) is 0 Å². The van der Waals surface area contributed by atoms with Crippen LogP contribution in [0.1, 0.15) is 34.1 Å². The molecule has 1 atom stereocenters. The molecule has 1 fully saturated rings. The molecule has 3 rings (SSSR count). The minimum Gasteiger partial charge on any atom is -0.471 e. The standard InChI is InChI=1S/C18H17ClN2O4/c1-11(22)12-3-2-4-14(7-12)21-17(23)13-8-16(19)18(20-9-13)25-15-5-6-24-10-15/h2-4,7-9,15H,5-6,10H2,1H3,(H,21,23). The van der Waals surface area contributed by atoms with Crippen LogP contribution in [-0.2, 0) is 4.74 Å². The number of amides is 1. The van der Waals surface area contributed by atoms with Gasteiger partial charge in [-0.3, -0.25) is 9.59 Å². The molecule has 1 aliphatic heterocycles. The Kier molecular flexibility index (Phi) is 5.31. The minimum atomic E-state index is -0.370. The van der Waals surface area contributed by atoms with Crippen molar-refractivity contribution in [3.63, 3.8) is 0 Å². The van der Waals surface area contributed by atoms with E-state index in [0.717, 1.165) is 6.42 Å². The Morgan fingerprint density at radius 3 is 2.84 bits per heavy atom. The Labute approximate surface area is 150 Å². The summed E-state index contributed by atoms with van der Waals surface area (Å²) in [5, 5.41) is 2.98. The van der Waals surface area contributed by atoms with E-state index < -0.39 is 0 Å². The van der Waals surface area contributed by atoms with Crippen molar-refractivity contribution in [2.75, 3.05) is 18.5 Å². The van der Waals surface area contributed by atoms with Gasteiger partial charge >= 0.3 is 0 Å². The quantitative estimate of drug-likeness (QED) is 0.827. The fourth-order valence-electron chi connectivity index (χ4n) is 2.42. The number of ketones is 1. The van der Waals surface area contributed by atoms with Crippen LogP contribution in [0.2, 0.25) is 5.02 Å². The lowest BCUT2D eigenvalue weighted by Crippen LogP contribution is -2.17. The van der Waals surface area contributed by atoms with Gasteiger partial charge in [-0.1, -0.05) is 23.7 Å². The van der Waals surface area contributed by atoms with E-state index in [2.05, 4.69) is 10.3 Å². The van der Waals surface area contributed by atoms with E-state index in [1.165, 1.54) is 19.2 Å². The Morgan fingerprint density at radius 1 is 1.32 bits per heavy atom. The molecule has 1 amide bonds. The normalized spacial score (nSPS) is 16.5. The summed E-state index contributed by atoms with van der Waals surface area (Å²) in [4.78, 5) is 27.9. The lowest BCUT2D eigenvalue weighted by atomic mass is 10.1. The number of nitrogens with one attached hydrogen (secondary N) is 1. The summed E-state index contributed by atoms with van der Waals surface area (Å²) in [5.41, 5.74) is 1.35. The predicted octanol–water partition coefficient (Wildman–Crippen LogP) is 3.36. The predicted molar refractivity (Wildman–Crippen MR) is 93.5 cm³/mol. The van der Waals surface area contributed by atoms with Gasteiger partial charge in [0.05, 0.1) is 18.8 Å². The Hall–Kier alpha value is -2.44. The van der Waals surface area contributed by atoms with E-state index in [1.807, 2.05) is 0 Å².